The first-order valence-electron chi connectivity index (χ1n) is 5.41. The Labute approximate surface area is 114 Å². The number of esters is 1. The zero-order valence-electron chi connectivity index (χ0n) is 10.1. The molecule has 0 aromatic heterocycles. The fourth-order valence-corrected chi connectivity index (χ4v) is 1.24. The van der Waals surface area contributed by atoms with Gasteiger partial charge >= 0.3 is 5.97 Å². The van der Waals surface area contributed by atoms with Crippen LogP contribution in [0.5, 0.6) is 0 Å². The Kier molecular flexibility index (Phi) is 5.95. The first-order chi connectivity index (χ1) is 9.10. The van der Waals surface area contributed by atoms with Crippen LogP contribution in [0, 0.1) is 5.82 Å². The number of ether oxygens (including phenoxy) is 1. The molecule has 0 amide bonds. The molecule has 0 saturated heterocycles. The third kappa shape index (κ3) is 4.33. The normalized spacial score (nSPS) is 12.4. The maximum atomic E-state index is 13.3. The van der Waals surface area contributed by atoms with Crippen LogP contribution in [-0.2, 0) is 9.53 Å². The summed E-state index contributed by atoms with van der Waals surface area (Å²) in [6, 6.07) is 5.63. The van der Waals surface area contributed by atoms with E-state index in [-0.39, 0.29) is 18.2 Å². The molecule has 1 rings (SSSR count). The summed E-state index contributed by atoms with van der Waals surface area (Å²) >= 11 is 5.41. The van der Waals surface area contributed by atoms with E-state index in [1.165, 1.54) is 18.2 Å². The molecule has 0 fully saturated rings. The Balaban J connectivity index is 3.03. The summed E-state index contributed by atoms with van der Waals surface area (Å²) in [5, 5.41) is 16.5. The molecule has 7 heteroatoms. The van der Waals surface area contributed by atoms with E-state index in [2.05, 4.69) is 15.0 Å². The number of hydrogen-bond donors (Lipinski definition) is 1. The van der Waals surface area contributed by atoms with E-state index in [0.717, 1.165) is 0 Å². The van der Waals surface area contributed by atoms with Crippen molar-refractivity contribution in [2.75, 3.05) is 12.5 Å². The second-order valence-electron chi connectivity index (χ2n) is 3.30. The Bertz CT molecular complexity index is 517. The van der Waals surface area contributed by atoms with E-state index < -0.39 is 23.2 Å². The molecule has 0 saturated carbocycles. The third-order valence-corrected chi connectivity index (χ3v) is 2.23. The lowest BCUT2D eigenvalue weighted by atomic mass is 10.3. The molecule has 0 bridgehead atoms. The minimum atomic E-state index is -0.874. The Hall–Kier alpha value is -1.95. The molecule has 19 heavy (non-hydrogen) atoms. The van der Waals surface area contributed by atoms with Gasteiger partial charge in [0, 0.05) is 0 Å². The fraction of sp³-hybridized carbons (Fsp3) is 0.250. The standard InChI is InChI=1S/C12H12ClFN2O3/c1-2-19-12(18)11(10(17)7-13)16-15-9-6-4-3-5-8(9)14/h3-6,17H,2,7H2,1H3/b11-10-,16-15?. The maximum absolute atomic E-state index is 13.3. The number of alkyl halides is 1. The number of carbonyl (C=O) groups is 1. The van der Waals surface area contributed by atoms with Crippen molar-refractivity contribution >= 4 is 23.3 Å². The smallest absolute Gasteiger partial charge is 0.362 e. The molecular formula is C12H12ClFN2O3. The second-order valence-corrected chi connectivity index (χ2v) is 3.57. The van der Waals surface area contributed by atoms with Crippen molar-refractivity contribution in [3.8, 4) is 0 Å². The van der Waals surface area contributed by atoms with Crippen molar-refractivity contribution in [3.63, 3.8) is 0 Å². The lowest BCUT2D eigenvalue weighted by Gasteiger charge is -2.03. The predicted molar refractivity (Wildman–Crippen MR) is 67.9 cm³/mol. The molecule has 0 atom stereocenters. The predicted octanol–water partition coefficient (Wildman–Crippen LogP) is 3.48. The molecule has 0 spiro atoms. The average molecular weight is 287 g/mol. The lowest BCUT2D eigenvalue weighted by Crippen LogP contribution is -2.09. The average Bonchev–Trinajstić information content (AvgIpc) is 2.41. The third-order valence-electron chi connectivity index (χ3n) is 1.98. The van der Waals surface area contributed by atoms with Crippen LogP contribution >= 0.6 is 11.6 Å². The van der Waals surface area contributed by atoms with Gasteiger partial charge in [-0.25, -0.2) is 9.18 Å². The quantitative estimate of drug-likeness (QED) is 0.296. The fourth-order valence-electron chi connectivity index (χ4n) is 1.12. The lowest BCUT2D eigenvalue weighted by molar-refractivity contribution is -0.138. The molecule has 0 aliphatic heterocycles. The molecule has 102 valence electrons. The number of carbonyl (C=O) groups excluding carboxylic acids is 1. The molecule has 1 N–H and O–H groups in total. The van der Waals surface area contributed by atoms with Crippen molar-refractivity contribution < 1.29 is 19.0 Å². The second kappa shape index (κ2) is 7.48. The van der Waals surface area contributed by atoms with Gasteiger partial charge in [-0.15, -0.1) is 21.8 Å². The van der Waals surface area contributed by atoms with Gasteiger partial charge in [0.1, 0.15) is 11.4 Å². The van der Waals surface area contributed by atoms with Crippen molar-refractivity contribution in [3.05, 3.63) is 41.5 Å². The highest BCUT2D eigenvalue weighted by Crippen LogP contribution is 2.19. The van der Waals surface area contributed by atoms with Crippen LogP contribution in [0.1, 0.15) is 6.92 Å². The van der Waals surface area contributed by atoms with Gasteiger partial charge < -0.3 is 9.84 Å². The number of aliphatic hydroxyl groups is 1. The zero-order chi connectivity index (χ0) is 14.3. The van der Waals surface area contributed by atoms with Gasteiger partial charge in [0.05, 0.1) is 12.5 Å². The van der Waals surface area contributed by atoms with Crippen LogP contribution in [-0.4, -0.2) is 23.6 Å². The summed E-state index contributed by atoms with van der Waals surface area (Å²) in [5.74, 6) is -2.29. The van der Waals surface area contributed by atoms with Crippen molar-refractivity contribution in [1.29, 1.82) is 0 Å². The van der Waals surface area contributed by atoms with E-state index in [9.17, 15) is 14.3 Å². The largest absolute Gasteiger partial charge is 0.508 e. The van der Waals surface area contributed by atoms with Crippen LogP contribution in [0.4, 0.5) is 10.1 Å². The topological polar surface area (TPSA) is 71.2 Å². The molecule has 1 aromatic rings. The first-order valence-corrected chi connectivity index (χ1v) is 5.95. The highest BCUT2D eigenvalue weighted by atomic mass is 35.5. The molecule has 5 nitrogen and oxygen atoms in total. The molecule has 0 heterocycles. The summed E-state index contributed by atoms with van der Waals surface area (Å²) in [4.78, 5) is 11.5. The van der Waals surface area contributed by atoms with Gasteiger partial charge in [-0.2, -0.15) is 0 Å². The summed E-state index contributed by atoms with van der Waals surface area (Å²) in [6.45, 7) is 1.70. The maximum Gasteiger partial charge on any atom is 0.362 e. The van der Waals surface area contributed by atoms with Gasteiger partial charge in [-0.3, -0.25) is 0 Å². The monoisotopic (exact) mass is 286 g/mol. The van der Waals surface area contributed by atoms with Gasteiger partial charge in [0.2, 0.25) is 5.70 Å². The highest BCUT2D eigenvalue weighted by molar-refractivity contribution is 6.19. The molecular weight excluding hydrogens is 275 g/mol. The minimum Gasteiger partial charge on any atom is -0.508 e. The number of rotatable bonds is 5. The Morgan fingerprint density at radius 3 is 2.74 bits per heavy atom. The number of allylic oxidation sites excluding steroid dienone is 1. The number of nitrogens with zero attached hydrogens (tertiary/aromatic N) is 2. The van der Waals surface area contributed by atoms with E-state index in [1.807, 2.05) is 0 Å². The van der Waals surface area contributed by atoms with E-state index in [0.29, 0.717) is 0 Å². The van der Waals surface area contributed by atoms with Gasteiger partial charge in [0.15, 0.2) is 5.82 Å². The summed E-state index contributed by atoms with van der Waals surface area (Å²) < 4.78 is 18.0. The van der Waals surface area contributed by atoms with E-state index in [1.54, 1.807) is 13.0 Å². The summed E-state index contributed by atoms with van der Waals surface area (Å²) in [7, 11) is 0. The van der Waals surface area contributed by atoms with Crippen molar-refractivity contribution in [2.45, 2.75) is 6.92 Å². The molecule has 0 radical (unpaired) electrons. The van der Waals surface area contributed by atoms with Crippen LogP contribution in [0.3, 0.4) is 0 Å². The van der Waals surface area contributed by atoms with E-state index >= 15 is 0 Å². The van der Waals surface area contributed by atoms with Crippen LogP contribution < -0.4 is 0 Å². The molecule has 0 unspecified atom stereocenters. The first kappa shape index (κ1) is 15.1. The summed E-state index contributed by atoms with van der Waals surface area (Å²) in [6.07, 6.45) is 0. The van der Waals surface area contributed by atoms with Crippen LogP contribution in [0.15, 0.2) is 46.0 Å². The van der Waals surface area contributed by atoms with Crippen molar-refractivity contribution in [2.24, 2.45) is 10.2 Å². The number of aliphatic hydroxyl groups excluding tert-OH is 1. The Morgan fingerprint density at radius 1 is 1.47 bits per heavy atom. The summed E-state index contributed by atoms with van der Waals surface area (Å²) in [5.41, 5.74) is -0.508. The highest BCUT2D eigenvalue weighted by Gasteiger charge is 2.16. The zero-order valence-corrected chi connectivity index (χ0v) is 10.9. The van der Waals surface area contributed by atoms with E-state index in [4.69, 9.17) is 11.6 Å². The SMILES string of the molecule is CCOC(=O)/C(N=Nc1ccccc1F)=C(/O)CCl. The number of hydrogen-bond acceptors (Lipinski definition) is 5. The van der Waals surface area contributed by atoms with Crippen molar-refractivity contribution in [1.82, 2.24) is 0 Å². The van der Waals surface area contributed by atoms with Crippen LogP contribution in [0.25, 0.3) is 0 Å². The van der Waals surface area contributed by atoms with Crippen LogP contribution in [0.2, 0.25) is 0 Å². The Morgan fingerprint density at radius 2 is 2.16 bits per heavy atom. The molecule has 1 aromatic carbocycles. The molecule has 0 aliphatic rings. The number of halogens is 2. The van der Waals surface area contributed by atoms with Gasteiger partial charge in [-0.05, 0) is 19.1 Å². The minimum absolute atomic E-state index is 0.0633. The van der Waals surface area contributed by atoms with Gasteiger partial charge in [-0.1, -0.05) is 12.1 Å². The number of azo groups is 1. The molecule has 0 aliphatic carbocycles. The van der Waals surface area contributed by atoms with Gasteiger partial charge in [0.25, 0.3) is 0 Å². The number of benzene rings is 1.